The van der Waals surface area contributed by atoms with Crippen LogP contribution in [0.5, 0.6) is 5.75 Å². The van der Waals surface area contributed by atoms with E-state index in [1.165, 1.54) is 18.7 Å². The highest BCUT2D eigenvalue weighted by Crippen LogP contribution is 2.19. The molecule has 0 aromatic heterocycles. The zero-order valence-electron chi connectivity index (χ0n) is 11.2. The van der Waals surface area contributed by atoms with Crippen molar-refractivity contribution >= 4 is 5.69 Å². The molecule has 1 N–H and O–H groups in total. The highest BCUT2D eigenvalue weighted by molar-refractivity contribution is 5.46. The van der Waals surface area contributed by atoms with Gasteiger partial charge in [0.15, 0.2) is 11.6 Å². The first-order valence-corrected chi connectivity index (χ1v) is 6.38. The summed E-state index contributed by atoms with van der Waals surface area (Å²) in [5.74, 6) is -0.0548. The fourth-order valence-electron chi connectivity index (χ4n) is 1.93. The van der Waals surface area contributed by atoms with Gasteiger partial charge < -0.3 is 10.1 Å². The van der Waals surface area contributed by atoms with Crippen molar-refractivity contribution in [3.63, 3.8) is 0 Å². The zero-order chi connectivity index (χ0) is 13.7. The van der Waals surface area contributed by atoms with Crippen LogP contribution in [0.2, 0.25) is 0 Å². The number of anilines is 1. The first-order chi connectivity index (χ1) is 9.22. The number of hydrogen-bond acceptors (Lipinski definition) is 2. The third-order valence-electron chi connectivity index (χ3n) is 3.05. The van der Waals surface area contributed by atoms with Crippen LogP contribution in [0, 0.1) is 5.82 Å². The van der Waals surface area contributed by atoms with Gasteiger partial charge in [-0.3, -0.25) is 0 Å². The van der Waals surface area contributed by atoms with Crippen molar-refractivity contribution in [3.8, 4) is 5.75 Å². The first kappa shape index (κ1) is 13.4. The zero-order valence-corrected chi connectivity index (χ0v) is 11.2. The Morgan fingerprint density at radius 1 is 1.11 bits per heavy atom. The summed E-state index contributed by atoms with van der Waals surface area (Å²) < 4.78 is 18.4. The van der Waals surface area contributed by atoms with Gasteiger partial charge in [-0.05, 0) is 41.8 Å². The van der Waals surface area contributed by atoms with Gasteiger partial charge in [-0.2, -0.15) is 0 Å². The Kier molecular flexibility index (Phi) is 4.39. The van der Waals surface area contributed by atoms with Crippen molar-refractivity contribution in [3.05, 3.63) is 59.4 Å². The minimum Gasteiger partial charge on any atom is -0.494 e. The molecule has 0 radical (unpaired) electrons. The van der Waals surface area contributed by atoms with Gasteiger partial charge in [0.25, 0.3) is 0 Å². The summed E-state index contributed by atoms with van der Waals surface area (Å²) in [5, 5.41) is 3.29. The number of rotatable bonds is 5. The number of halogens is 1. The maximum atomic E-state index is 13.5. The highest BCUT2D eigenvalue weighted by Gasteiger charge is 2.03. The van der Waals surface area contributed by atoms with Gasteiger partial charge >= 0.3 is 0 Å². The van der Waals surface area contributed by atoms with Gasteiger partial charge in [-0.15, -0.1) is 0 Å². The predicted octanol–water partition coefficient (Wildman–Crippen LogP) is 4.01. The largest absolute Gasteiger partial charge is 0.494 e. The third-order valence-corrected chi connectivity index (χ3v) is 3.05. The summed E-state index contributed by atoms with van der Waals surface area (Å²) in [6.45, 7) is 2.71. The Morgan fingerprint density at radius 2 is 1.95 bits per heavy atom. The van der Waals surface area contributed by atoms with Crippen LogP contribution in [0.1, 0.15) is 18.1 Å². The summed E-state index contributed by atoms with van der Waals surface area (Å²) in [6.07, 6.45) is 1.01. The molecule has 3 heteroatoms. The topological polar surface area (TPSA) is 21.3 Å². The third kappa shape index (κ3) is 3.47. The molecule has 2 aromatic carbocycles. The Morgan fingerprint density at radius 3 is 2.63 bits per heavy atom. The summed E-state index contributed by atoms with van der Waals surface area (Å²) in [4.78, 5) is 0. The number of ether oxygens (including phenoxy) is 1. The number of nitrogens with one attached hydrogen (secondary N) is 1. The Hall–Kier alpha value is -2.03. The van der Waals surface area contributed by atoms with Crippen LogP contribution in [0.25, 0.3) is 0 Å². The SMILES string of the molecule is CCc1cccc(NCc2ccc(OC)c(F)c2)c1. The quantitative estimate of drug-likeness (QED) is 0.876. The minimum absolute atomic E-state index is 0.275. The molecule has 0 unspecified atom stereocenters. The monoisotopic (exact) mass is 259 g/mol. The van der Waals surface area contributed by atoms with Gasteiger partial charge in [0.1, 0.15) is 0 Å². The molecule has 2 aromatic rings. The summed E-state index contributed by atoms with van der Waals surface area (Å²) >= 11 is 0. The first-order valence-electron chi connectivity index (χ1n) is 6.38. The normalized spacial score (nSPS) is 10.3. The van der Waals surface area contributed by atoms with E-state index in [1.54, 1.807) is 6.07 Å². The number of hydrogen-bond donors (Lipinski definition) is 1. The summed E-state index contributed by atoms with van der Waals surface area (Å²) in [6, 6.07) is 13.2. The standard InChI is InChI=1S/C16H18FNO/c1-3-12-5-4-6-14(9-12)18-11-13-7-8-16(19-2)15(17)10-13/h4-10,18H,3,11H2,1-2H3. The number of methoxy groups -OCH3 is 1. The van der Waals surface area contributed by atoms with E-state index in [2.05, 4.69) is 24.4 Å². The van der Waals surface area contributed by atoms with E-state index in [4.69, 9.17) is 4.74 Å². The van der Waals surface area contributed by atoms with E-state index < -0.39 is 0 Å². The van der Waals surface area contributed by atoms with Crippen molar-refractivity contribution < 1.29 is 9.13 Å². The van der Waals surface area contributed by atoms with Crippen LogP contribution in [0.15, 0.2) is 42.5 Å². The van der Waals surface area contributed by atoms with Crippen molar-refractivity contribution in [2.75, 3.05) is 12.4 Å². The van der Waals surface area contributed by atoms with Gasteiger partial charge in [0, 0.05) is 12.2 Å². The molecule has 0 aliphatic rings. The minimum atomic E-state index is -0.330. The molecule has 0 spiro atoms. The molecule has 0 amide bonds. The lowest BCUT2D eigenvalue weighted by molar-refractivity contribution is 0.386. The Labute approximate surface area is 113 Å². The second-order valence-corrected chi connectivity index (χ2v) is 4.38. The molecule has 2 rings (SSSR count). The molecular weight excluding hydrogens is 241 g/mol. The average Bonchev–Trinajstić information content (AvgIpc) is 2.45. The predicted molar refractivity (Wildman–Crippen MR) is 76.1 cm³/mol. The molecule has 0 heterocycles. The molecule has 0 saturated heterocycles. The second kappa shape index (κ2) is 6.23. The second-order valence-electron chi connectivity index (χ2n) is 4.38. The molecule has 100 valence electrons. The molecular formula is C16H18FNO. The van der Waals surface area contributed by atoms with Crippen LogP contribution < -0.4 is 10.1 Å². The van der Waals surface area contributed by atoms with E-state index in [0.717, 1.165) is 17.7 Å². The van der Waals surface area contributed by atoms with Gasteiger partial charge in [-0.25, -0.2) is 4.39 Å². The Bertz CT molecular complexity index is 554. The van der Waals surface area contributed by atoms with Crippen LogP contribution in [-0.2, 0) is 13.0 Å². The van der Waals surface area contributed by atoms with Crippen LogP contribution in [-0.4, -0.2) is 7.11 Å². The highest BCUT2D eigenvalue weighted by atomic mass is 19.1. The maximum Gasteiger partial charge on any atom is 0.165 e. The van der Waals surface area contributed by atoms with E-state index in [1.807, 2.05) is 18.2 Å². The summed E-state index contributed by atoms with van der Waals surface area (Å²) in [5.41, 5.74) is 3.22. The van der Waals surface area contributed by atoms with Crippen molar-refractivity contribution in [1.82, 2.24) is 0 Å². The van der Waals surface area contributed by atoms with Crippen LogP contribution in [0.3, 0.4) is 0 Å². The fourth-order valence-corrected chi connectivity index (χ4v) is 1.93. The maximum absolute atomic E-state index is 13.5. The van der Waals surface area contributed by atoms with E-state index in [9.17, 15) is 4.39 Å². The van der Waals surface area contributed by atoms with Crippen LogP contribution >= 0.6 is 0 Å². The molecule has 19 heavy (non-hydrogen) atoms. The smallest absolute Gasteiger partial charge is 0.165 e. The Balaban J connectivity index is 2.03. The lowest BCUT2D eigenvalue weighted by atomic mass is 10.1. The van der Waals surface area contributed by atoms with Gasteiger partial charge in [-0.1, -0.05) is 25.1 Å². The lowest BCUT2D eigenvalue weighted by Crippen LogP contribution is -2.00. The van der Waals surface area contributed by atoms with Crippen LogP contribution in [0.4, 0.5) is 10.1 Å². The molecule has 0 aliphatic heterocycles. The molecule has 0 bridgehead atoms. The van der Waals surface area contributed by atoms with Gasteiger partial charge in [0.05, 0.1) is 7.11 Å². The van der Waals surface area contributed by atoms with E-state index >= 15 is 0 Å². The number of benzene rings is 2. The van der Waals surface area contributed by atoms with Crippen molar-refractivity contribution in [1.29, 1.82) is 0 Å². The number of aryl methyl sites for hydroxylation is 1. The van der Waals surface area contributed by atoms with Crippen molar-refractivity contribution in [2.24, 2.45) is 0 Å². The molecule has 0 aliphatic carbocycles. The molecule has 2 nitrogen and oxygen atoms in total. The van der Waals surface area contributed by atoms with E-state index in [-0.39, 0.29) is 11.6 Å². The molecule has 0 saturated carbocycles. The van der Waals surface area contributed by atoms with Crippen molar-refractivity contribution in [2.45, 2.75) is 19.9 Å². The lowest BCUT2D eigenvalue weighted by Gasteiger charge is -2.09. The summed E-state index contributed by atoms with van der Waals surface area (Å²) in [7, 11) is 1.46. The van der Waals surface area contributed by atoms with E-state index in [0.29, 0.717) is 6.54 Å². The fraction of sp³-hybridized carbons (Fsp3) is 0.250. The molecule has 0 fully saturated rings. The van der Waals surface area contributed by atoms with Gasteiger partial charge in [0.2, 0.25) is 0 Å². The molecule has 0 atom stereocenters. The average molecular weight is 259 g/mol.